The molecular formula is C9H19N3O3. The van der Waals surface area contributed by atoms with Gasteiger partial charge in [0.15, 0.2) is 0 Å². The summed E-state index contributed by atoms with van der Waals surface area (Å²) in [6.07, 6.45) is 0.673. The number of nitrogens with two attached hydrogens (primary N) is 1. The van der Waals surface area contributed by atoms with E-state index in [1.54, 1.807) is 13.8 Å². The Hall–Kier alpha value is -1.30. The summed E-state index contributed by atoms with van der Waals surface area (Å²) in [4.78, 5) is 22.0. The zero-order valence-electron chi connectivity index (χ0n) is 9.12. The van der Waals surface area contributed by atoms with Crippen LogP contribution in [0.2, 0.25) is 0 Å². The van der Waals surface area contributed by atoms with Crippen LogP contribution < -0.4 is 16.4 Å². The number of rotatable bonds is 6. The second-order valence-corrected chi connectivity index (χ2v) is 3.60. The van der Waals surface area contributed by atoms with Gasteiger partial charge in [-0.1, -0.05) is 13.8 Å². The number of urea groups is 1. The molecule has 2 amide bonds. The van der Waals surface area contributed by atoms with Crippen molar-refractivity contribution in [1.29, 1.82) is 0 Å². The van der Waals surface area contributed by atoms with Gasteiger partial charge in [0.2, 0.25) is 0 Å². The van der Waals surface area contributed by atoms with Crippen molar-refractivity contribution in [2.75, 3.05) is 13.1 Å². The summed E-state index contributed by atoms with van der Waals surface area (Å²) < 4.78 is 0. The van der Waals surface area contributed by atoms with Gasteiger partial charge in [0.25, 0.3) is 0 Å². The number of amides is 2. The van der Waals surface area contributed by atoms with E-state index < -0.39 is 18.0 Å². The molecule has 0 fully saturated rings. The zero-order chi connectivity index (χ0) is 11.8. The summed E-state index contributed by atoms with van der Waals surface area (Å²) in [5, 5.41) is 13.7. The highest BCUT2D eigenvalue weighted by molar-refractivity contribution is 5.82. The van der Waals surface area contributed by atoms with Crippen molar-refractivity contribution in [3.63, 3.8) is 0 Å². The summed E-state index contributed by atoms with van der Waals surface area (Å²) in [5.74, 6) is -1.18. The second kappa shape index (κ2) is 7.05. The molecule has 0 unspecified atom stereocenters. The Balaban J connectivity index is 3.95. The van der Waals surface area contributed by atoms with Gasteiger partial charge in [0.05, 0.1) is 0 Å². The zero-order valence-corrected chi connectivity index (χ0v) is 9.12. The predicted molar refractivity (Wildman–Crippen MR) is 56.5 cm³/mol. The molecule has 6 heteroatoms. The molecule has 0 heterocycles. The Morgan fingerprint density at radius 3 is 2.40 bits per heavy atom. The normalized spacial score (nSPS) is 12.3. The first kappa shape index (κ1) is 13.7. The molecule has 1 atom stereocenters. The quantitative estimate of drug-likeness (QED) is 0.460. The van der Waals surface area contributed by atoms with Gasteiger partial charge in [-0.15, -0.1) is 0 Å². The number of carboxylic acids is 1. The molecule has 5 N–H and O–H groups in total. The van der Waals surface area contributed by atoms with Gasteiger partial charge in [-0.3, -0.25) is 0 Å². The average molecular weight is 217 g/mol. The summed E-state index contributed by atoms with van der Waals surface area (Å²) in [7, 11) is 0. The van der Waals surface area contributed by atoms with Crippen LogP contribution in [0.3, 0.4) is 0 Å². The van der Waals surface area contributed by atoms with Crippen LogP contribution in [0.1, 0.15) is 20.3 Å². The lowest BCUT2D eigenvalue weighted by molar-refractivity contribution is -0.140. The third-order valence-electron chi connectivity index (χ3n) is 1.89. The minimum Gasteiger partial charge on any atom is -0.480 e. The molecule has 0 rings (SSSR count). The Labute approximate surface area is 89.2 Å². The van der Waals surface area contributed by atoms with Crippen LogP contribution in [0.25, 0.3) is 0 Å². The van der Waals surface area contributed by atoms with Crippen LogP contribution in [-0.2, 0) is 4.79 Å². The van der Waals surface area contributed by atoms with E-state index in [0.717, 1.165) is 0 Å². The number of carbonyl (C=O) groups is 2. The molecule has 0 aromatic heterocycles. The van der Waals surface area contributed by atoms with Gasteiger partial charge in [0.1, 0.15) is 6.04 Å². The fourth-order valence-corrected chi connectivity index (χ4v) is 1.01. The van der Waals surface area contributed by atoms with Gasteiger partial charge in [-0.05, 0) is 18.9 Å². The highest BCUT2D eigenvalue weighted by Gasteiger charge is 2.22. The maximum Gasteiger partial charge on any atom is 0.326 e. The Kier molecular flexibility index (Phi) is 6.44. The van der Waals surface area contributed by atoms with Gasteiger partial charge < -0.3 is 21.5 Å². The molecule has 88 valence electrons. The van der Waals surface area contributed by atoms with Gasteiger partial charge in [0, 0.05) is 6.54 Å². The van der Waals surface area contributed by atoms with Crippen LogP contribution in [0.15, 0.2) is 0 Å². The van der Waals surface area contributed by atoms with Gasteiger partial charge >= 0.3 is 12.0 Å². The Morgan fingerprint density at radius 2 is 2.00 bits per heavy atom. The molecule has 0 spiro atoms. The molecule has 0 saturated carbocycles. The molecular weight excluding hydrogens is 198 g/mol. The standard InChI is InChI=1S/C9H19N3O3/c1-6(2)7(8(13)14)12-9(15)11-5-3-4-10/h6-7H,3-5,10H2,1-2H3,(H,13,14)(H2,11,12,15)/t7-/m1/s1. The molecule has 0 aromatic carbocycles. The van der Waals surface area contributed by atoms with Crippen molar-refractivity contribution in [1.82, 2.24) is 10.6 Å². The molecule has 0 aliphatic heterocycles. The fourth-order valence-electron chi connectivity index (χ4n) is 1.01. The van der Waals surface area contributed by atoms with Crippen molar-refractivity contribution in [2.45, 2.75) is 26.3 Å². The summed E-state index contributed by atoms with van der Waals surface area (Å²) >= 11 is 0. The Bertz CT molecular complexity index is 219. The molecule has 0 aromatic rings. The number of aliphatic carboxylic acids is 1. The monoisotopic (exact) mass is 217 g/mol. The first-order valence-corrected chi connectivity index (χ1v) is 4.96. The number of carbonyl (C=O) groups excluding carboxylic acids is 1. The first-order valence-electron chi connectivity index (χ1n) is 4.96. The van der Waals surface area contributed by atoms with Crippen molar-refractivity contribution >= 4 is 12.0 Å². The topological polar surface area (TPSA) is 104 Å². The predicted octanol–water partition coefficient (Wildman–Crippen LogP) is -0.256. The maximum atomic E-state index is 11.2. The minimum absolute atomic E-state index is 0.150. The van der Waals surface area contributed by atoms with E-state index in [2.05, 4.69) is 10.6 Å². The van der Waals surface area contributed by atoms with Crippen LogP contribution in [0.5, 0.6) is 0 Å². The minimum atomic E-state index is -1.03. The van der Waals surface area contributed by atoms with Crippen molar-refractivity contribution < 1.29 is 14.7 Å². The molecule has 0 bridgehead atoms. The third-order valence-corrected chi connectivity index (χ3v) is 1.89. The molecule has 6 nitrogen and oxygen atoms in total. The number of carboxylic acid groups (broad SMARTS) is 1. The van der Waals surface area contributed by atoms with Gasteiger partial charge in [-0.25, -0.2) is 9.59 Å². The van der Waals surface area contributed by atoms with Crippen molar-refractivity contribution in [2.24, 2.45) is 11.7 Å². The van der Waals surface area contributed by atoms with Crippen LogP contribution in [0.4, 0.5) is 4.79 Å². The van der Waals surface area contributed by atoms with E-state index in [1.807, 2.05) is 0 Å². The summed E-state index contributed by atoms with van der Waals surface area (Å²) in [5.41, 5.74) is 5.25. The van der Waals surface area contributed by atoms with E-state index in [1.165, 1.54) is 0 Å². The number of hydrogen-bond acceptors (Lipinski definition) is 3. The first-order chi connectivity index (χ1) is 6.99. The lowest BCUT2D eigenvalue weighted by Gasteiger charge is -2.18. The van der Waals surface area contributed by atoms with Crippen molar-refractivity contribution in [3.05, 3.63) is 0 Å². The van der Waals surface area contributed by atoms with Crippen LogP contribution >= 0.6 is 0 Å². The molecule has 15 heavy (non-hydrogen) atoms. The lowest BCUT2D eigenvalue weighted by Crippen LogP contribution is -2.48. The summed E-state index contributed by atoms with van der Waals surface area (Å²) in [6, 6.07) is -1.33. The van der Waals surface area contributed by atoms with Crippen molar-refractivity contribution in [3.8, 4) is 0 Å². The van der Waals surface area contributed by atoms with Crippen LogP contribution in [0, 0.1) is 5.92 Å². The Morgan fingerprint density at radius 1 is 1.40 bits per heavy atom. The molecule has 0 aliphatic rings. The average Bonchev–Trinajstić information content (AvgIpc) is 2.13. The SMILES string of the molecule is CC(C)[C@@H](NC(=O)NCCCN)C(=O)O. The highest BCUT2D eigenvalue weighted by Crippen LogP contribution is 2.00. The van der Waals surface area contributed by atoms with E-state index in [4.69, 9.17) is 10.8 Å². The highest BCUT2D eigenvalue weighted by atomic mass is 16.4. The van der Waals surface area contributed by atoms with E-state index in [0.29, 0.717) is 19.5 Å². The second-order valence-electron chi connectivity index (χ2n) is 3.60. The fraction of sp³-hybridized carbons (Fsp3) is 0.778. The number of nitrogens with one attached hydrogen (secondary N) is 2. The molecule has 0 radical (unpaired) electrons. The summed E-state index contributed by atoms with van der Waals surface area (Å²) in [6.45, 7) is 4.41. The van der Waals surface area contributed by atoms with E-state index >= 15 is 0 Å². The smallest absolute Gasteiger partial charge is 0.326 e. The van der Waals surface area contributed by atoms with Crippen LogP contribution in [-0.4, -0.2) is 36.2 Å². The van der Waals surface area contributed by atoms with Gasteiger partial charge in [-0.2, -0.15) is 0 Å². The van der Waals surface area contributed by atoms with E-state index in [-0.39, 0.29) is 5.92 Å². The third kappa shape index (κ3) is 5.90. The number of hydrogen-bond donors (Lipinski definition) is 4. The molecule has 0 saturated heterocycles. The largest absolute Gasteiger partial charge is 0.480 e. The molecule has 0 aliphatic carbocycles. The maximum absolute atomic E-state index is 11.2. The lowest BCUT2D eigenvalue weighted by atomic mass is 10.1. The van der Waals surface area contributed by atoms with E-state index in [9.17, 15) is 9.59 Å².